The number of aryl methyl sites for hydroxylation is 2. The summed E-state index contributed by atoms with van der Waals surface area (Å²) in [6.45, 7) is 1.81. The highest BCUT2D eigenvalue weighted by atomic mass is 32.1. The van der Waals surface area contributed by atoms with Crippen molar-refractivity contribution in [1.82, 2.24) is 4.98 Å². The first kappa shape index (κ1) is 15.6. The van der Waals surface area contributed by atoms with Crippen LogP contribution < -0.4 is 5.73 Å². The quantitative estimate of drug-likeness (QED) is 0.859. The minimum absolute atomic E-state index is 0.0797. The van der Waals surface area contributed by atoms with E-state index in [1.165, 1.54) is 29.5 Å². The molecule has 1 heterocycles. The van der Waals surface area contributed by atoms with Gasteiger partial charge < -0.3 is 10.8 Å². The second-order valence-corrected chi connectivity index (χ2v) is 5.90. The Hall–Kier alpha value is -1.79. The maximum atomic E-state index is 13.4. The number of aliphatic carboxylic acids is 1. The number of rotatable bonds is 6. The Morgan fingerprint density at radius 2 is 2.29 bits per heavy atom. The fourth-order valence-corrected chi connectivity index (χ4v) is 3.14. The van der Waals surface area contributed by atoms with Crippen LogP contribution >= 0.6 is 11.3 Å². The van der Waals surface area contributed by atoms with E-state index < -0.39 is 17.2 Å². The Kier molecular flexibility index (Phi) is 4.69. The van der Waals surface area contributed by atoms with Crippen molar-refractivity contribution in [1.29, 1.82) is 0 Å². The van der Waals surface area contributed by atoms with Crippen molar-refractivity contribution in [2.45, 2.75) is 25.2 Å². The van der Waals surface area contributed by atoms with E-state index in [2.05, 4.69) is 4.98 Å². The van der Waals surface area contributed by atoms with Crippen LogP contribution in [0, 0.1) is 12.7 Å². The molecule has 112 valence electrons. The number of hydrogen-bond acceptors (Lipinski definition) is 4. The summed E-state index contributed by atoms with van der Waals surface area (Å²) in [6.07, 6.45) is 0.863. The average Bonchev–Trinajstić information content (AvgIpc) is 2.85. The van der Waals surface area contributed by atoms with Crippen LogP contribution in [0.4, 0.5) is 4.39 Å². The SMILES string of the molecule is Cc1ncsc1CCC(CN)(C(=O)O)c1cccc(F)c1. The van der Waals surface area contributed by atoms with E-state index in [0.717, 1.165) is 10.6 Å². The second-order valence-electron chi connectivity index (χ2n) is 4.96. The second kappa shape index (κ2) is 6.32. The molecule has 0 fully saturated rings. The first-order valence-electron chi connectivity index (χ1n) is 6.58. The number of halogens is 1. The maximum Gasteiger partial charge on any atom is 0.315 e. The molecule has 0 saturated carbocycles. The molecule has 6 heteroatoms. The molecule has 1 aromatic carbocycles. The molecule has 0 bridgehead atoms. The van der Waals surface area contributed by atoms with Gasteiger partial charge in [-0.15, -0.1) is 11.3 Å². The summed E-state index contributed by atoms with van der Waals surface area (Å²) in [5, 5.41) is 9.65. The zero-order valence-electron chi connectivity index (χ0n) is 11.7. The van der Waals surface area contributed by atoms with Crippen molar-refractivity contribution in [3.8, 4) is 0 Å². The number of aromatic nitrogens is 1. The van der Waals surface area contributed by atoms with Crippen molar-refractivity contribution >= 4 is 17.3 Å². The third-order valence-electron chi connectivity index (χ3n) is 3.76. The van der Waals surface area contributed by atoms with Crippen LogP contribution in [0.25, 0.3) is 0 Å². The summed E-state index contributed by atoms with van der Waals surface area (Å²) in [4.78, 5) is 17.0. The number of nitrogens with zero attached hydrogens (tertiary/aromatic N) is 1. The van der Waals surface area contributed by atoms with Crippen molar-refractivity contribution in [3.05, 3.63) is 51.7 Å². The Morgan fingerprint density at radius 3 is 2.81 bits per heavy atom. The lowest BCUT2D eigenvalue weighted by molar-refractivity contribution is -0.143. The number of hydrogen-bond donors (Lipinski definition) is 2. The molecule has 0 aliphatic rings. The number of carboxylic acid groups (broad SMARTS) is 1. The van der Waals surface area contributed by atoms with Crippen molar-refractivity contribution in [3.63, 3.8) is 0 Å². The fourth-order valence-electron chi connectivity index (χ4n) is 2.36. The minimum atomic E-state index is -1.28. The van der Waals surface area contributed by atoms with Gasteiger partial charge in [-0.05, 0) is 37.5 Å². The van der Waals surface area contributed by atoms with E-state index in [4.69, 9.17) is 5.73 Å². The molecule has 0 aliphatic carbocycles. The van der Waals surface area contributed by atoms with Crippen LogP contribution in [-0.4, -0.2) is 22.6 Å². The van der Waals surface area contributed by atoms with Gasteiger partial charge in [0.2, 0.25) is 0 Å². The van der Waals surface area contributed by atoms with Gasteiger partial charge in [-0.25, -0.2) is 9.37 Å². The number of carbonyl (C=O) groups is 1. The van der Waals surface area contributed by atoms with E-state index in [9.17, 15) is 14.3 Å². The number of carboxylic acids is 1. The molecule has 2 aromatic rings. The molecular formula is C15H17FN2O2S. The molecule has 0 saturated heterocycles. The number of benzene rings is 1. The number of thiazole rings is 1. The molecular weight excluding hydrogens is 291 g/mol. The average molecular weight is 308 g/mol. The summed E-state index contributed by atoms with van der Waals surface area (Å²) in [5.74, 6) is -1.49. The van der Waals surface area contributed by atoms with Crippen molar-refractivity contribution < 1.29 is 14.3 Å². The van der Waals surface area contributed by atoms with Gasteiger partial charge in [0.05, 0.1) is 11.2 Å². The molecule has 3 N–H and O–H groups in total. The highest BCUT2D eigenvalue weighted by Gasteiger charge is 2.39. The lowest BCUT2D eigenvalue weighted by Crippen LogP contribution is -2.43. The zero-order chi connectivity index (χ0) is 15.5. The van der Waals surface area contributed by atoms with Gasteiger partial charge in [0.15, 0.2) is 0 Å². The topological polar surface area (TPSA) is 76.2 Å². The fraction of sp³-hybridized carbons (Fsp3) is 0.333. The van der Waals surface area contributed by atoms with Gasteiger partial charge in [-0.2, -0.15) is 0 Å². The largest absolute Gasteiger partial charge is 0.481 e. The van der Waals surface area contributed by atoms with Crippen molar-refractivity contribution in [2.24, 2.45) is 5.73 Å². The number of nitrogens with two attached hydrogens (primary N) is 1. The lowest BCUT2D eigenvalue weighted by Gasteiger charge is -2.28. The zero-order valence-corrected chi connectivity index (χ0v) is 12.5. The molecule has 0 amide bonds. The standard InChI is InChI=1S/C15H17FN2O2S/c1-10-13(21-9-18-10)5-6-15(8-17,14(19)20)11-3-2-4-12(16)7-11/h2-4,7,9H,5-6,8,17H2,1H3,(H,19,20). The van der Waals surface area contributed by atoms with Gasteiger partial charge in [0, 0.05) is 11.4 Å². The molecule has 1 aromatic heterocycles. The van der Waals surface area contributed by atoms with Crippen LogP contribution in [0.15, 0.2) is 29.8 Å². The smallest absolute Gasteiger partial charge is 0.315 e. The first-order valence-corrected chi connectivity index (χ1v) is 7.46. The molecule has 0 spiro atoms. The normalized spacial score (nSPS) is 13.9. The summed E-state index contributed by atoms with van der Waals surface area (Å²) in [6, 6.07) is 5.67. The van der Waals surface area contributed by atoms with Crippen LogP contribution in [0.1, 0.15) is 22.6 Å². The monoisotopic (exact) mass is 308 g/mol. The van der Waals surface area contributed by atoms with Gasteiger partial charge in [0.1, 0.15) is 11.2 Å². The van der Waals surface area contributed by atoms with Crippen LogP contribution in [-0.2, 0) is 16.6 Å². The van der Waals surface area contributed by atoms with E-state index in [0.29, 0.717) is 18.4 Å². The molecule has 0 radical (unpaired) electrons. The molecule has 4 nitrogen and oxygen atoms in total. The Morgan fingerprint density at radius 1 is 1.52 bits per heavy atom. The van der Waals surface area contributed by atoms with E-state index in [1.807, 2.05) is 6.92 Å². The third-order valence-corrected chi connectivity index (χ3v) is 4.75. The van der Waals surface area contributed by atoms with E-state index in [-0.39, 0.29) is 6.54 Å². The van der Waals surface area contributed by atoms with Crippen LogP contribution in [0.3, 0.4) is 0 Å². The molecule has 1 unspecified atom stereocenters. The summed E-state index contributed by atoms with van der Waals surface area (Å²) < 4.78 is 13.4. The van der Waals surface area contributed by atoms with E-state index >= 15 is 0 Å². The lowest BCUT2D eigenvalue weighted by atomic mass is 9.76. The van der Waals surface area contributed by atoms with Crippen molar-refractivity contribution in [2.75, 3.05) is 6.54 Å². The predicted octanol–water partition coefficient (Wildman–Crippen LogP) is 2.50. The van der Waals surface area contributed by atoms with Crippen LogP contribution in [0.5, 0.6) is 0 Å². The Bertz CT molecular complexity index is 644. The molecule has 1 atom stereocenters. The minimum Gasteiger partial charge on any atom is -0.481 e. The third kappa shape index (κ3) is 3.11. The van der Waals surface area contributed by atoms with E-state index in [1.54, 1.807) is 11.6 Å². The van der Waals surface area contributed by atoms with Gasteiger partial charge in [-0.1, -0.05) is 12.1 Å². The molecule has 2 rings (SSSR count). The van der Waals surface area contributed by atoms with Crippen LogP contribution in [0.2, 0.25) is 0 Å². The Labute approximate surface area is 126 Å². The first-order chi connectivity index (χ1) is 9.99. The highest BCUT2D eigenvalue weighted by molar-refractivity contribution is 7.09. The van der Waals surface area contributed by atoms with Gasteiger partial charge in [-0.3, -0.25) is 4.79 Å². The summed E-state index contributed by atoms with van der Waals surface area (Å²) >= 11 is 1.49. The Balaban J connectivity index is 2.33. The van der Waals surface area contributed by atoms with Gasteiger partial charge >= 0.3 is 5.97 Å². The predicted molar refractivity (Wildman–Crippen MR) is 79.9 cm³/mol. The highest BCUT2D eigenvalue weighted by Crippen LogP contribution is 2.31. The van der Waals surface area contributed by atoms with Gasteiger partial charge in [0.25, 0.3) is 0 Å². The summed E-state index contributed by atoms with van der Waals surface area (Å²) in [7, 11) is 0. The molecule has 21 heavy (non-hydrogen) atoms. The maximum absolute atomic E-state index is 13.4. The summed E-state index contributed by atoms with van der Waals surface area (Å²) in [5.41, 5.74) is 7.51. The molecule has 0 aliphatic heterocycles.